The van der Waals surface area contributed by atoms with Crippen molar-refractivity contribution < 1.29 is 9.13 Å². The number of halogens is 1. The van der Waals surface area contributed by atoms with Gasteiger partial charge in [0.05, 0.1) is 11.1 Å². The Morgan fingerprint density at radius 2 is 1.73 bits per heavy atom. The number of H-pyrrole nitrogens is 1. The molecule has 0 saturated carbocycles. The number of nitrogens with zero attached hydrogens (tertiary/aromatic N) is 3. The molecule has 2 aromatic heterocycles. The number of para-hydroxylation sites is 1. The highest BCUT2D eigenvalue weighted by atomic mass is 19.1. The third-order valence-electron chi connectivity index (χ3n) is 4.15. The van der Waals surface area contributed by atoms with Gasteiger partial charge < -0.3 is 9.64 Å². The van der Waals surface area contributed by atoms with Crippen LogP contribution in [0.3, 0.4) is 0 Å². The minimum absolute atomic E-state index is 0.162. The van der Waals surface area contributed by atoms with Crippen molar-refractivity contribution in [1.29, 1.82) is 0 Å². The summed E-state index contributed by atoms with van der Waals surface area (Å²) in [5, 5.41) is 7.99. The van der Waals surface area contributed by atoms with Gasteiger partial charge in [0, 0.05) is 31.5 Å². The van der Waals surface area contributed by atoms with E-state index in [1.54, 1.807) is 30.5 Å². The Hall–Kier alpha value is -3.41. The maximum Gasteiger partial charge on any atom is 0.185 e. The van der Waals surface area contributed by atoms with Crippen LogP contribution in [0.5, 0.6) is 11.5 Å². The SMILES string of the molecule is CN(C)c1ccc(-c2[nH]nc3nccc(Oc4ccccc4F)c23)cc1. The quantitative estimate of drug-likeness (QED) is 0.584. The monoisotopic (exact) mass is 348 g/mol. The van der Waals surface area contributed by atoms with Gasteiger partial charge in [0.1, 0.15) is 5.75 Å². The normalized spacial score (nSPS) is 10.9. The second-order valence-corrected chi connectivity index (χ2v) is 6.08. The summed E-state index contributed by atoms with van der Waals surface area (Å²) in [6.07, 6.45) is 1.60. The van der Waals surface area contributed by atoms with Crippen LogP contribution < -0.4 is 9.64 Å². The number of nitrogens with one attached hydrogen (secondary N) is 1. The molecule has 0 unspecified atom stereocenters. The van der Waals surface area contributed by atoms with Gasteiger partial charge in [-0.25, -0.2) is 9.37 Å². The fourth-order valence-corrected chi connectivity index (χ4v) is 2.78. The van der Waals surface area contributed by atoms with Gasteiger partial charge in [-0.05, 0) is 30.3 Å². The molecule has 0 aliphatic rings. The maximum absolute atomic E-state index is 14.0. The molecular formula is C20H17FN4O. The number of aromatic amines is 1. The molecule has 0 spiro atoms. The number of aromatic nitrogens is 3. The summed E-state index contributed by atoms with van der Waals surface area (Å²) in [5.41, 5.74) is 3.35. The summed E-state index contributed by atoms with van der Waals surface area (Å²) in [6, 6.07) is 16.1. The van der Waals surface area contributed by atoms with Gasteiger partial charge >= 0.3 is 0 Å². The van der Waals surface area contributed by atoms with Crippen LogP contribution >= 0.6 is 0 Å². The van der Waals surface area contributed by atoms with Crippen molar-refractivity contribution in [2.75, 3.05) is 19.0 Å². The minimum Gasteiger partial charge on any atom is -0.453 e. The standard InChI is InChI=1S/C20H17FN4O/c1-25(2)14-9-7-13(8-10-14)19-18-17(11-12-22-20(18)24-23-19)26-16-6-4-3-5-15(16)21/h3-12H,1-2H3,(H,22,23,24). The Morgan fingerprint density at radius 1 is 0.962 bits per heavy atom. The number of ether oxygens (including phenoxy) is 1. The molecule has 0 atom stereocenters. The first-order valence-electron chi connectivity index (χ1n) is 8.17. The zero-order valence-corrected chi connectivity index (χ0v) is 14.4. The van der Waals surface area contributed by atoms with Gasteiger partial charge in [-0.3, -0.25) is 5.10 Å². The molecule has 0 saturated heterocycles. The molecule has 1 N–H and O–H groups in total. The summed E-state index contributed by atoms with van der Waals surface area (Å²) in [4.78, 5) is 6.30. The van der Waals surface area contributed by atoms with E-state index in [1.807, 2.05) is 43.3 Å². The highest BCUT2D eigenvalue weighted by Gasteiger charge is 2.15. The van der Waals surface area contributed by atoms with Crippen LogP contribution in [-0.4, -0.2) is 29.3 Å². The molecule has 0 fully saturated rings. The van der Waals surface area contributed by atoms with E-state index in [0.29, 0.717) is 16.8 Å². The van der Waals surface area contributed by atoms with Gasteiger partial charge in [0.15, 0.2) is 17.2 Å². The van der Waals surface area contributed by atoms with Crippen molar-refractivity contribution >= 4 is 16.7 Å². The summed E-state index contributed by atoms with van der Waals surface area (Å²) in [7, 11) is 3.98. The largest absolute Gasteiger partial charge is 0.453 e. The number of benzene rings is 2. The van der Waals surface area contributed by atoms with Gasteiger partial charge in [-0.15, -0.1) is 0 Å². The molecule has 4 aromatic rings. The molecule has 0 amide bonds. The molecule has 0 bridgehead atoms. The minimum atomic E-state index is -0.419. The van der Waals surface area contributed by atoms with Crippen LogP contribution in [0.1, 0.15) is 0 Å². The van der Waals surface area contributed by atoms with E-state index in [0.717, 1.165) is 16.9 Å². The third-order valence-corrected chi connectivity index (χ3v) is 4.15. The van der Waals surface area contributed by atoms with Gasteiger partial charge in [-0.1, -0.05) is 24.3 Å². The average Bonchev–Trinajstić information content (AvgIpc) is 3.09. The lowest BCUT2D eigenvalue weighted by Gasteiger charge is -2.12. The van der Waals surface area contributed by atoms with Crippen molar-refractivity contribution in [3.8, 4) is 22.8 Å². The van der Waals surface area contributed by atoms with Gasteiger partial charge in [-0.2, -0.15) is 5.10 Å². The Kier molecular flexibility index (Phi) is 4.01. The highest BCUT2D eigenvalue weighted by molar-refractivity contribution is 5.95. The lowest BCUT2D eigenvalue weighted by Crippen LogP contribution is -2.07. The van der Waals surface area contributed by atoms with E-state index >= 15 is 0 Å². The van der Waals surface area contributed by atoms with Crippen LogP contribution in [0.15, 0.2) is 60.8 Å². The van der Waals surface area contributed by atoms with Crippen LogP contribution in [-0.2, 0) is 0 Å². The van der Waals surface area contributed by atoms with E-state index in [1.165, 1.54) is 6.07 Å². The molecule has 0 aliphatic carbocycles. The number of fused-ring (bicyclic) bond motifs is 1. The summed E-state index contributed by atoms with van der Waals surface area (Å²) in [6.45, 7) is 0. The molecule has 26 heavy (non-hydrogen) atoms. The van der Waals surface area contributed by atoms with Crippen molar-refractivity contribution in [2.45, 2.75) is 0 Å². The summed E-state index contributed by atoms with van der Waals surface area (Å²) in [5.74, 6) is 0.244. The van der Waals surface area contributed by atoms with E-state index in [2.05, 4.69) is 15.2 Å². The lowest BCUT2D eigenvalue weighted by molar-refractivity contribution is 0.446. The number of hydrogen-bond donors (Lipinski definition) is 1. The second-order valence-electron chi connectivity index (χ2n) is 6.08. The van der Waals surface area contributed by atoms with Crippen molar-refractivity contribution in [1.82, 2.24) is 15.2 Å². The van der Waals surface area contributed by atoms with Crippen molar-refractivity contribution in [3.05, 3.63) is 66.6 Å². The van der Waals surface area contributed by atoms with Gasteiger partial charge in [0.25, 0.3) is 0 Å². The van der Waals surface area contributed by atoms with Crippen LogP contribution in [0.2, 0.25) is 0 Å². The van der Waals surface area contributed by atoms with Crippen LogP contribution in [0.4, 0.5) is 10.1 Å². The first-order chi connectivity index (χ1) is 12.6. The number of anilines is 1. The zero-order chi connectivity index (χ0) is 18.1. The Labute approximate surface area is 150 Å². The molecular weight excluding hydrogens is 331 g/mol. The first kappa shape index (κ1) is 16.1. The lowest BCUT2D eigenvalue weighted by atomic mass is 10.1. The maximum atomic E-state index is 14.0. The number of pyridine rings is 1. The molecule has 2 aromatic carbocycles. The number of hydrogen-bond acceptors (Lipinski definition) is 4. The second kappa shape index (κ2) is 6.48. The smallest absolute Gasteiger partial charge is 0.185 e. The van der Waals surface area contributed by atoms with Crippen LogP contribution in [0.25, 0.3) is 22.3 Å². The topological polar surface area (TPSA) is 54.0 Å². The van der Waals surface area contributed by atoms with E-state index in [-0.39, 0.29) is 5.75 Å². The molecule has 130 valence electrons. The fourth-order valence-electron chi connectivity index (χ4n) is 2.78. The summed E-state index contributed by atoms with van der Waals surface area (Å²) >= 11 is 0. The third kappa shape index (κ3) is 2.86. The van der Waals surface area contributed by atoms with Gasteiger partial charge in [0.2, 0.25) is 0 Å². The average molecular weight is 348 g/mol. The molecule has 0 radical (unpaired) electrons. The van der Waals surface area contributed by atoms with Crippen molar-refractivity contribution in [2.24, 2.45) is 0 Å². The predicted molar refractivity (Wildman–Crippen MR) is 100 cm³/mol. The summed E-state index contributed by atoms with van der Waals surface area (Å²) < 4.78 is 19.8. The predicted octanol–water partition coefficient (Wildman–Crippen LogP) is 4.62. The van der Waals surface area contributed by atoms with E-state index in [4.69, 9.17) is 4.74 Å². The van der Waals surface area contributed by atoms with E-state index in [9.17, 15) is 4.39 Å². The Bertz CT molecular complexity index is 1060. The van der Waals surface area contributed by atoms with Crippen molar-refractivity contribution in [3.63, 3.8) is 0 Å². The fraction of sp³-hybridized carbons (Fsp3) is 0.100. The first-order valence-corrected chi connectivity index (χ1v) is 8.17. The van der Waals surface area contributed by atoms with Crippen LogP contribution in [0, 0.1) is 5.82 Å². The Morgan fingerprint density at radius 3 is 2.46 bits per heavy atom. The zero-order valence-electron chi connectivity index (χ0n) is 14.4. The molecule has 2 heterocycles. The molecule has 0 aliphatic heterocycles. The molecule has 6 heteroatoms. The highest BCUT2D eigenvalue weighted by Crippen LogP contribution is 2.36. The molecule has 5 nitrogen and oxygen atoms in total. The Balaban J connectivity index is 1.81. The molecule has 4 rings (SSSR count). The van der Waals surface area contributed by atoms with E-state index < -0.39 is 5.82 Å². The number of rotatable bonds is 4.